The summed E-state index contributed by atoms with van der Waals surface area (Å²) in [6.45, 7) is 10.9. The zero-order valence-electron chi connectivity index (χ0n) is 11.9. The molecule has 4 heteroatoms. The molecule has 1 aromatic rings. The molecule has 1 aliphatic heterocycles. The van der Waals surface area contributed by atoms with Crippen molar-refractivity contribution in [2.75, 3.05) is 26.2 Å². The van der Waals surface area contributed by atoms with Gasteiger partial charge >= 0.3 is 0 Å². The summed E-state index contributed by atoms with van der Waals surface area (Å²) in [5.41, 5.74) is 1.71. The number of halogens is 2. The van der Waals surface area contributed by atoms with Crippen LogP contribution in [0.4, 0.5) is 4.39 Å². The Bertz CT molecular complexity index is 460. The molecule has 0 saturated carbocycles. The van der Waals surface area contributed by atoms with Crippen LogP contribution >= 0.6 is 11.6 Å². The third kappa shape index (κ3) is 3.91. The fraction of sp³-hybridized carbons (Fsp3) is 0.600. The molecule has 0 bridgehead atoms. The summed E-state index contributed by atoms with van der Waals surface area (Å²) in [5, 5.41) is 4.10. The average molecular weight is 285 g/mol. The van der Waals surface area contributed by atoms with Gasteiger partial charge in [0.2, 0.25) is 0 Å². The Labute approximate surface area is 119 Å². The summed E-state index contributed by atoms with van der Waals surface area (Å²) in [7, 11) is 0. The Hall–Kier alpha value is -0.640. The maximum Gasteiger partial charge on any atom is 0.126 e. The van der Waals surface area contributed by atoms with Gasteiger partial charge in [0.05, 0.1) is 0 Å². The molecule has 0 spiro atoms. The Morgan fingerprint density at radius 2 is 2.16 bits per heavy atom. The van der Waals surface area contributed by atoms with Gasteiger partial charge in [-0.3, -0.25) is 4.90 Å². The first kappa shape index (κ1) is 14.8. The summed E-state index contributed by atoms with van der Waals surface area (Å²) in [6, 6.07) is 3.29. The quantitative estimate of drug-likeness (QED) is 0.897. The lowest BCUT2D eigenvalue weighted by molar-refractivity contribution is 0.200. The van der Waals surface area contributed by atoms with Crippen LogP contribution in [-0.2, 0) is 6.54 Å². The van der Waals surface area contributed by atoms with Crippen molar-refractivity contribution in [3.8, 4) is 0 Å². The molecular formula is C15H22ClFN2. The largest absolute Gasteiger partial charge is 0.315 e. The van der Waals surface area contributed by atoms with Crippen molar-refractivity contribution in [2.24, 2.45) is 5.41 Å². The number of aryl methyl sites for hydroxylation is 1. The zero-order chi connectivity index (χ0) is 14.0. The minimum Gasteiger partial charge on any atom is -0.315 e. The summed E-state index contributed by atoms with van der Waals surface area (Å²) < 4.78 is 13.7. The van der Waals surface area contributed by atoms with Gasteiger partial charge < -0.3 is 5.32 Å². The molecule has 0 aliphatic carbocycles. The number of benzene rings is 1. The smallest absolute Gasteiger partial charge is 0.126 e. The minimum atomic E-state index is -0.174. The topological polar surface area (TPSA) is 15.3 Å². The van der Waals surface area contributed by atoms with Gasteiger partial charge in [0.15, 0.2) is 0 Å². The molecule has 0 radical (unpaired) electrons. The van der Waals surface area contributed by atoms with Crippen molar-refractivity contribution in [1.29, 1.82) is 0 Å². The maximum atomic E-state index is 13.7. The first-order valence-electron chi connectivity index (χ1n) is 6.75. The lowest BCUT2D eigenvalue weighted by Gasteiger charge is -2.29. The second kappa shape index (κ2) is 5.78. The second-order valence-corrected chi connectivity index (χ2v) is 6.65. The van der Waals surface area contributed by atoms with E-state index in [1.807, 2.05) is 0 Å². The predicted molar refractivity (Wildman–Crippen MR) is 78.1 cm³/mol. The SMILES string of the molecule is Cc1cc(Cl)c(CN2CCNCC(C)(C)C2)cc1F. The molecule has 0 atom stereocenters. The zero-order valence-corrected chi connectivity index (χ0v) is 12.6. The molecule has 2 nitrogen and oxygen atoms in total. The van der Waals surface area contributed by atoms with E-state index in [4.69, 9.17) is 11.6 Å². The van der Waals surface area contributed by atoms with Crippen LogP contribution in [0.25, 0.3) is 0 Å². The lowest BCUT2D eigenvalue weighted by atomic mass is 9.93. The third-order valence-electron chi connectivity index (χ3n) is 3.58. The number of hydrogen-bond donors (Lipinski definition) is 1. The molecule has 1 saturated heterocycles. The van der Waals surface area contributed by atoms with E-state index in [-0.39, 0.29) is 11.2 Å². The molecule has 2 rings (SSSR count). The van der Waals surface area contributed by atoms with E-state index in [1.165, 1.54) is 0 Å². The van der Waals surface area contributed by atoms with Gasteiger partial charge in [-0.05, 0) is 35.6 Å². The van der Waals surface area contributed by atoms with E-state index in [9.17, 15) is 4.39 Å². The van der Waals surface area contributed by atoms with E-state index < -0.39 is 0 Å². The first-order chi connectivity index (χ1) is 8.87. The molecule has 1 fully saturated rings. The van der Waals surface area contributed by atoms with Crippen molar-refractivity contribution in [3.05, 3.63) is 34.1 Å². The highest BCUT2D eigenvalue weighted by molar-refractivity contribution is 6.31. The minimum absolute atomic E-state index is 0.174. The van der Waals surface area contributed by atoms with Crippen LogP contribution in [0.3, 0.4) is 0 Å². The number of hydrogen-bond acceptors (Lipinski definition) is 2. The van der Waals surface area contributed by atoms with E-state index in [1.54, 1.807) is 19.1 Å². The molecule has 1 aliphatic rings. The van der Waals surface area contributed by atoms with Crippen LogP contribution in [0.15, 0.2) is 12.1 Å². The van der Waals surface area contributed by atoms with Crippen molar-refractivity contribution in [2.45, 2.75) is 27.3 Å². The van der Waals surface area contributed by atoms with Crippen molar-refractivity contribution < 1.29 is 4.39 Å². The molecule has 1 N–H and O–H groups in total. The van der Waals surface area contributed by atoms with Crippen LogP contribution in [-0.4, -0.2) is 31.1 Å². The fourth-order valence-corrected chi connectivity index (χ4v) is 2.87. The van der Waals surface area contributed by atoms with Crippen molar-refractivity contribution >= 4 is 11.6 Å². The Morgan fingerprint density at radius 3 is 2.89 bits per heavy atom. The Balaban J connectivity index is 2.14. The molecule has 19 heavy (non-hydrogen) atoms. The summed E-state index contributed by atoms with van der Waals surface area (Å²) in [6.07, 6.45) is 0. The highest BCUT2D eigenvalue weighted by atomic mass is 35.5. The van der Waals surface area contributed by atoms with Gasteiger partial charge in [-0.1, -0.05) is 25.4 Å². The monoisotopic (exact) mass is 284 g/mol. The van der Waals surface area contributed by atoms with Gasteiger partial charge in [-0.15, -0.1) is 0 Å². The number of nitrogens with zero attached hydrogens (tertiary/aromatic N) is 1. The molecule has 0 amide bonds. The second-order valence-electron chi connectivity index (χ2n) is 6.24. The molecular weight excluding hydrogens is 263 g/mol. The predicted octanol–water partition coefficient (Wildman–Crippen LogP) is 3.22. The molecule has 0 unspecified atom stereocenters. The van der Waals surface area contributed by atoms with Crippen LogP contribution in [0.5, 0.6) is 0 Å². The summed E-state index contributed by atoms with van der Waals surface area (Å²) in [5.74, 6) is -0.174. The number of nitrogens with one attached hydrogen (secondary N) is 1. The molecule has 1 heterocycles. The average Bonchev–Trinajstić information content (AvgIpc) is 2.47. The Kier molecular flexibility index (Phi) is 4.49. The normalized spacial score (nSPS) is 20.3. The van der Waals surface area contributed by atoms with E-state index in [2.05, 4.69) is 24.1 Å². The number of rotatable bonds is 2. The van der Waals surface area contributed by atoms with Crippen molar-refractivity contribution in [1.82, 2.24) is 10.2 Å². The maximum absolute atomic E-state index is 13.7. The van der Waals surface area contributed by atoms with Crippen LogP contribution in [0, 0.1) is 18.2 Å². The van der Waals surface area contributed by atoms with Gasteiger partial charge in [-0.25, -0.2) is 4.39 Å². The standard InChI is InChI=1S/C15H22ClFN2/c1-11-6-13(16)12(7-14(11)17)8-19-5-4-18-9-15(2,3)10-19/h6-7,18H,4-5,8-10H2,1-3H3. The van der Waals surface area contributed by atoms with E-state index in [0.29, 0.717) is 17.1 Å². The fourth-order valence-electron chi connectivity index (χ4n) is 2.59. The Morgan fingerprint density at radius 1 is 1.42 bits per heavy atom. The van der Waals surface area contributed by atoms with Crippen LogP contribution in [0.1, 0.15) is 25.0 Å². The van der Waals surface area contributed by atoms with Crippen molar-refractivity contribution in [3.63, 3.8) is 0 Å². The van der Waals surface area contributed by atoms with Crippen LogP contribution in [0.2, 0.25) is 5.02 Å². The first-order valence-corrected chi connectivity index (χ1v) is 7.13. The summed E-state index contributed by atoms with van der Waals surface area (Å²) in [4.78, 5) is 2.34. The summed E-state index contributed by atoms with van der Waals surface area (Å²) >= 11 is 6.22. The molecule has 0 aromatic heterocycles. The molecule has 106 valence electrons. The van der Waals surface area contributed by atoms with Gasteiger partial charge in [0, 0.05) is 37.7 Å². The van der Waals surface area contributed by atoms with E-state index >= 15 is 0 Å². The van der Waals surface area contributed by atoms with Gasteiger partial charge in [0.1, 0.15) is 5.82 Å². The third-order valence-corrected chi connectivity index (χ3v) is 3.93. The highest BCUT2D eigenvalue weighted by Crippen LogP contribution is 2.24. The lowest BCUT2D eigenvalue weighted by Crippen LogP contribution is -2.34. The molecule has 1 aromatic carbocycles. The van der Waals surface area contributed by atoms with E-state index in [0.717, 1.165) is 31.7 Å². The van der Waals surface area contributed by atoms with Crippen LogP contribution < -0.4 is 5.32 Å². The van der Waals surface area contributed by atoms with Gasteiger partial charge in [0.25, 0.3) is 0 Å². The highest BCUT2D eigenvalue weighted by Gasteiger charge is 2.24. The van der Waals surface area contributed by atoms with Gasteiger partial charge in [-0.2, -0.15) is 0 Å².